The fraction of sp³-hybridized carbons (Fsp3) is 0.296. The van der Waals surface area contributed by atoms with E-state index in [4.69, 9.17) is 16.7 Å². The summed E-state index contributed by atoms with van der Waals surface area (Å²) in [4.78, 5) is 45.0. The lowest BCUT2D eigenvalue weighted by Gasteiger charge is -2.29. The number of amides is 1. The van der Waals surface area contributed by atoms with Gasteiger partial charge in [-0.3, -0.25) is 18.9 Å². The SMILES string of the molecule is O=C(O)c1ccc(-n2c(=O)n(CC3CCC(NC(=O)c4cc(Cl)cnc4C(F)F)CC3)c3ccccc32)cn1. The number of rotatable bonds is 7. The van der Waals surface area contributed by atoms with Crippen molar-refractivity contribution in [3.05, 3.63) is 87.3 Å². The second kappa shape index (κ2) is 10.9. The van der Waals surface area contributed by atoms with Gasteiger partial charge >= 0.3 is 11.7 Å². The Morgan fingerprint density at radius 1 is 1.05 bits per heavy atom. The minimum Gasteiger partial charge on any atom is -0.477 e. The summed E-state index contributed by atoms with van der Waals surface area (Å²) in [7, 11) is 0. The number of hydrogen-bond donors (Lipinski definition) is 2. The number of nitrogens with one attached hydrogen (secondary N) is 1. The molecule has 1 aromatic carbocycles. The van der Waals surface area contributed by atoms with E-state index in [1.54, 1.807) is 10.6 Å². The number of carboxylic acid groups (broad SMARTS) is 1. The number of imidazole rings is 1. The van der Waals surface area contributed by atoms with E-state index < -0.39 is 24.0 Å². The molecule has 9 nitrogen and oxygen atoms in total. The van der Waals surface area contributed by atoms with E-state index in [-0.39, 0.29) is 33.9 Å². The van der Waals surface area contributed by atoms with Crippen LogP contribution in [0.1, 0.15) is 58.6 Å². The van der Waals surface area contributed by atoms with Gasteiger partial charge in [0.1, 0.15) is 11.4 Å². The third-order valence-electron chi connectivity index (χ3n) is 7.02. The number of hydrogen-bond acceptors (Lipinski definition) is 5. The fourth-order valence-corrected chi connectivity index (χ4v) is 5.25. The van der Waals surface area contributed by atoms with Gasteiger partial charge in [-0.2, -0.15) is 0 Å². The molecule has 0 aliphatic heterocycles. The standard InChI is InChI=1S/C27H24ClF2N5O4/c28-16-11-19(23(24(29)30)32-12-16)25(36)33-17-7-5-15(6-8-17)14-34-21-3-1-2-4-22(21)35(27(34)39)18-9-10-20(26(37)38)31-13-18/h1-4,9-13,15,17,24H,5-8,14H2,(H,33,36)(H,37,38). The van der Waals surface area contributed by atoms with Crippen LogP contribution in [0.25, 0.3) is 16.7 Å². The van der Waals surface area contributed by atoms with Crippen LogP contribution in [0, 0.1) is 5.92 Å². The minimum atomic E-state index is -2.90. The van der Waals surface area contributed by atoms with Crippen molar-refractivity contribution >= 4 is 34.5 Å². The molecule has 1 fully saturated rings. The minimum absolute atomic E-state index is 0.103. The highest BCUT2D eigenvalue weighted by molar-refractivity contribution is 6.30. The number of aromatic nitrogens is 4. The van der Waals surface area contributed by atoms with Gasteiger partial charge in [0.15, 0.2) is 0 Å². The van der Waals surface area contributed by atoms with E-state index in [1.807, 2.05) is 24.3 Å². The molecule has 0 atom stereocenters. The molecule has 39 heavy (non-hydrogen) atoms. The summed E-state index contributed by atoms with van der Waals surface area (Å²) in [5.41, 5.74) is 0.677. The third kappa shape index (κ3) is 5.40. The maximum Gasteiger partial charge on any atom is 0.354 e. The predicted molar refractivity (Wildman–Crippen MR) is 140 cm³/mol. The van der Waals surface area contributed by atoms with E-state index in [0.717, 1.165) is 24.6 Å². The molecule has 2 N–H and O–H groups in total. The number of pyridine rings is 2. The van der Waals surface area contributed by atoms with Crippen LogP contribution >= 0.6 is 11.6 Å². The number of benzene rings is 1. The number of nitrogens with zero attached hydrogens (tertiary/aromatic N) is 4. The number of carboxylic acids is 1. The molecule has 3 heterocycles. The molecule has 0 saturated heterocycles. The van der Waals surface area contributed by atoms with Crippen molar-refractivity contribution in [2.75, 3.05) is 0 Å². The Morgan fingerprint density at radius 2 is 1.77 bits per heavy atom. The van der Waals surface area contributed by atoms with E-state index in [1.165, 1.54) is 22.9 Å². The Morgan fingerprint density at radius 3 is 2.41 bits per heavy atom. The van der Waals surface area contributed by atoms with Crippen molar-refractivity contribution in [2.24, 2.45) is 5.92 Å². The van der Waals surface area contributed by atoms with Crippen LogP contribution in [0.15, 0.2) is 59.7 Å². The van der Waals surface area contributed by atoms with Crippen LogP contribution in [0.4, 0.5) is 8.78 Å². The Kier molecular flexibility index (Phi) is 7.42. The summed E-state index contributed by atoms with van der Waals surface area (Å²) in [5, 5.41) is 12.1. The molecule has 5 rings (SSSR count). The lowest BCUT2D eigenvalue weighted by molar-refractivity contribution is 0.0690. The van der Waals surface area contributed by atoms with E-state index in [0.29, 0.717) is 30.6 Å². The monoisotopic (exact) mass is 555 g/mol. The van der Waals surface area contributed by atoms with E-state index in [9.17, 15) is 23.2 Å². The van der Waals surface area contributed by atoms with E-state index >= 15 is 0 Å². The number of halogens is 3. The Labute approximate surface area is 226 Å². The maximum absolute atomic E-state index is 13.5. The van der Waals surface area contributed by atoms with Crippen LogP contribution in [0.3, 0.4) is 0 Å². The van der Waals surface area contributed by atoms with Gasteiger partial charge in [-0.25, -0.2) is 23.4 Å². The summed E-state index contributed by atoms with van der Waals surface area (Å²) in [6.45, 7) is 0.460. The largest absolute Gasteiger partial charge is 0.477 e. The molecule has 0 radical (unpaired) electrons. The van der Waals surface area contributed by atoms with Gasteiger partial charge in [-0.15, -0.1) is 0 Å². The Bertz CT molecular complexity index is 1590. The number of alkyl halides is 2. The maximum atomic E-state index is 13.5. The molecule has 1 saturated carbocycles. The van der Waals surface area contributed by atoms with Gasteiger partial charge in [0.25, 0.3) is 12.3 Å². The molecule has 1 aliphatic carbocycles. The molecule has 3 aromatic heterocycles. The highest BCUT2D eigenvalue weighted by Crippen LogP contribution is 2.29. The molecule has 1 amide bonds. The van der Waals surface area contributed by atoms with Gasteiger partial charge in [-0.1, -0.05) is 23.7 Å². The lowest BCUT2D eigenvalue weighted by Crippen LogP contribution is -2.39. The molecule has 0 unspecified atom stereocenters. The summed E-state index contributed by atoms with van der Waals surface area (Å²) in [6, 6.07) is 11.3. The lowest BCUT2D eigenvalue weighted by atomic mass is 9.85. The number of para-hydroxylation sites is 2. The van der Waals surface area contributed by atoms with Gasteiger partial charge in [0, 0.05) is 18.8 Å². The van der Waals surface area contributed by atoms with Gasteiger partial charge in [-0.05, 0) is 61.9 Å². The van der Waals surface area contributed by atoms with Crippen LogP contribution in [-0.4, -0.2) is 42.1 Å². The first-order valence-electron chi connectivity index (χ1n) is 12.4. The molecular weight excluding hydrogens is 532 g/mol. The van der Waals surface area contributed by atoms with Gasteiger partial charge < -0.3 is 10.4 Å². The third-order valence-corrected chi connectivity index (χ3v) is 7.23. The molecular formula is C27H24ClF2N5O4. The summed E-state index contributed by atoms with van der Waals surface area (Å²) >= 11 is 5.87. The number of carbonyl (C=O) groups is 2. The molecule has 12 heteroatoms. The van der Waals surface area contributed by atoms with Gasteiger partial charge in [0.05, 0.1) is 33.5 Å². The number of fused-ring (bicyclic) bond motifs is 1. The second-order valence-electron chi connectivity index (χ2n) is 9.50. The molecule has 202 valence electrons. The number of carbonyl (C=O) groups excluding carboxylic acids is 1. The fourth-order valence-electron chi connectivity index (χ4n) is 5.10. The zero-order chi connectivity index (χ0) is 27.7. The molecule has 0 spiro atoms. The van der Waals surface area contributed by atoms with Crippen LogP contribution in [0.2, 0.25) is 5.02 Å². The Balaban J connectivity index is 1.30. The van der Waals surface area contributed by atoms with Crippen molar-refractivity contribution < 1.29 is 23.5 Å². The zero-order valence-electron chi connectivity index (χ0n) is 20.6. The molecule has 1 aliphatic rings. The molecule has 0 bridgehead atoms. The average Bonchev–Trinajstić information content (AvgIpc) is 3.20. The highest BCUT2D eigenvalue weighted by Gasteiger charge is 2.27. The quantitative estimate of drug-likeness (QED) is 0.336. The topological polar surface area (TPSA) is 119 Å². The van der Waals surface area contributed by atoms with Crippen LogP contribution in [-0.2, 0) is 6.54 Å². The summed E-state index contributed by atoms with van der Waals surface area (Å²) < 4.78 is 29.9. The summed E-state index contributed by atoms with van der Waals surface area (Å²) in [5.74, 6) is -1.63. The number of aromatic carboxylic acids is 1. The van der Waals surface area contributed by atoms with Crippen molar-refractivity contribution in [3.8, 4) is 5.69 Å². The smallest absolute Gasteiger partial charge is 0.354 e. The van der Waals surface area contributed by atoms with Crippen molar-refractivity contribution in [1.29, 1.82) is 0 Å². The van der Waals surface area contributed by atoms with Crippen LogP contribution in [0.5, 0.6) is 0 Å². The van der Waals surface area contributed by atoms with E-state index in [2.05, 4.69) is 15.3 Å². The first kappa shape index (κ1) is 26.5. The second-order valence-corrected chi connectivity index (χ2v) is 9.94. The average molecular weight is 556 g/mol. The predicted octanol–water partition coefficient (Wildman–Crippen LogP) is 4.86. The first-order valence-corrected chi connectivity index (χ1v) is 12.7. The Hall–Kier alpha value is -4.12. The van der Waals surface area contributed by atoms with Crippen molar-refractivity contribution in [2.45, 2.75) is 44.7 Å². The highest BCUT2D eigenvalue weighted by atomic mass is 35.5. The van der Waals surface area contributed by atoms with Crippen LogP contribution < -0.4 is 11.0 Å². The van der Waals surface area contributed by atoms with Crippen molar-refractivity contribution in [3.63, 3.8) is 0 Å². The summed E-state index contributed by atoms with van der Waals surface area (Å²) in [6.07, 6.45) is 2.26. The van der Waals surface area contributed by atoms with Gasteiger partial charge in [0.2, 0.25) is 0 Å². The first-order chi connectivity index (χ1) is 18.7. The van der Waals surface area contributed by atoms with Crippen molar-refractivity contribution in [1.82, 2.24) is 24.4 Å². The normalized spacial score (nSPS) is 17.4. The zero-order valence-corrected chi connectivity index (χ0v) is 21.3. The molecule has 4 aromatic rings.